The Bertz CT molecular complexity index is 733. The third-order valence-electron chi connectivity index (χ3n) is 5.18. The predicted octanol–water partition coefficient (Wildman–Crippen LogP) is 3.99. The number of ether oxygens (including phenoxy) is 1. The van der Waals surface area contributed by atoms with Crippen LogP contribution in [0.25, 0.3) is 0 Å². The first-order valence-corrected chi connectivity index (χ1v) is 8.86. The van der Waals surface area contributed by atoms with Crippen LogP contribution in [0, 0.1) is 12.8 Å². The van der Waals surface area contributed by atoms with Gasteiger partial charge in [-0.25, -0.2) is 4.98 Å². The molecule has 4 heteroatoms. The van der Waals surface area contributed by atoms with Crippen LogP contribution in [0.2, 0.25) is 0 Å². The van der Waals surface area contributed by atoms with E-state index in [2.05, 4.69) is 16.5 Å². The van der Waals surface area contributed by atoms with Gasteiger partial charge in [-0.2, -0.15) is 0 Å². The predicted molar refractivity (Wildman–Crippen MR) is 94.7 cm³/mol. The van der Waals surface area contributed by atoms with Crippen LogP contribution in [0.3, 0.4) is 0 Å². The summed E-state index contributed by atoms with van der Waals surface area (Å²) < 4.78 is 7.58. The van der Waals surface area contributed by atoms with Gasteiger partial charge in [0, 0.05) is 30.4 Å². The molecule has 0 amide bonds. The lowest BCUT2D eigenvalue weighted by Gasteiger charge is -2.23. The first-order chi connectivity index (χ1) is 11.7. The summed E-state index contributed by atoms with van der Waals surface area (Å²) in [6.07, 6.45) is 8.89. The molecule has 1 aromatic carbocycles. The third-order valence-corrected chi connectivity index (χ3v) is 5.18. The number of carbonyl (C=O) groups is 1. The lowest BCUT2D eigenvalue weighted by atomic mass is 9.83. The molecule has 0 fully saturated rings. The fourth-order valence-electron chi connectivity index (χ4n) is 3.71. The SMILES string of the molecule is CCC(Cn1ccnc1C)C(=O)c1ccc(OC)c2c1CCCC2. The number of ketones is 1. The largest absolute Gasteiger partial charge is 0.496 e. The van der Waals surface area contributed by atoms with Crippen LogP contribution < -0.4 is 4.74 Å². The van der Waals surface area contributed by atoms with Gasteiger partial charge in [-0.15, -0.1) is 0 Å². The molecule has 1 unspecified atom stereocenters. The van der Waals surface area contributed by atoms with Gasteiger partial charge >= 0.3 is 0 Å². The summed E-state index contributed by atoms with van der Waals surface area (Å²) in [6.45, 7) is 4.76. The second kappa shape index (κ2) is 7.20. The molecule has 0 aliphatic heterocycles. The zero-order valence-corrected chi connectivity index (χ0v) is 14.8. The molecule has 1 atom stereocenters. The van der Waals surface area contributed by atoms with Crippen molar-refractivity contribution in [1.82, 2.24) is 9.55 Å². The van der Waals surface area contributed by atoms with Gasteiger partial charge in [0.05, 0.1) is 7.11 Å². The second-order valence-electron chi connectivity index (χ2n) is 6.58. The Kier molecular flexibility index (Phi) is 5.03. The Morgan fingerprint density at radius 1 is 1.29 bits per heavy atom. The van der Waals surface area contributed by atoms with Crippen molar-refractivity contribution in [3.63, 3.8) is 0 Å². The van der Waals surface area contributed by atoms with Crippen molar-refractivity contribution in [2.75, 3.05) is 7.11 Å². The van der Waals surface area contributed by atoms with Crippen molar-refractivity contribution in [2.45, 2.75) is 52.5 Å². The topological polar surface area (TPSA) is 44.1 Å². The van der Waals surface area contributed by atoms with Gasteiger partial charge in [-0.3, -0.25) is 4.79 Å². The van der Waals surface area contributed by atoms with Crippen LogP contribution in [0.5, 0.6) is 5.75 Å². The normalized spacial score (nSPS) is 15.0. The van der Waals surface area contributed by atoms with Crippen LogP contribution in [0.1, 0.15) is 53.5 Å². The molecule has 24 heavy (non-hydrogen) atoms. The van der Waals surface area contributed by atoms with Crippen molar-refractivity contribution >= 4 is 5.78 Å². The highest BCUT2D eigenvalue weighted by Gasteiger charge is 2.25. The molecule has 3 rings (SSSR count). The number of benzene rings is 1. The van der Waals surface area contributed by atoms with E-state index in [1.165, 1.54) is 17.5 Å². The maximum atomic E-state index is 13.2. The number of carbonyl (C=O) groups excluding carboxylic acids is 1. The fraction of sp³-hybridized carbons (Fsp3) is 0.500. The molecule has 4 nitrogen and oxygen atoms in total. The number of rotatable bonds is 6. The summed E-state index contributed by atoms with van der Waals surface area (Å²) in [6, 6.07) is 3.93. The van der Waals surface area contributed by atoms with E-state index in [-0.39, 0.29) is 11.7 Å². The van der Waals surface area contributed by atoms with E-state index in [1.54, 1.807) is 13.3 Å². The molecule has 1 aliphatic rings. The fourth-order valence-corrected chi connectivity index (χ4v) is 3.71. The Hall–Kier alpha value is -2.10. The van der Waals surface area contributed by atoms with Crippen molar-refractivity contribution < 1.29 is 9.53 Å². The molecule has 1 heterocycles. The summed E-state index contributed by atoms with van der Waals surface area (Å²) in [5, 5.41) is 0. The standard InChI is InChI=1S/C20H26N2O2/c1-4-15(13-22-12-11-21-14(22)2)20(23)18-9-10-19(24-3)17-8-6-5-7-16(17)18/h9-12,15H,4-8,13H2,1-3H3. The van der Waals surface area contributed by atoms with E-state index in [4.69, 9.17) is 4.74 Å². The number of nitrogens with zero attached hydrogens (tertiary/aromatic N) is 2. The highest BCUT2D eigenvalue weighted by atomic mass is 16.5. The van der Waals surface area contributed by atoms with Gasteiger partial charge in [-0.1, -0.05) is 6.92 Å². The van der Waals surface area contributed by atoms with Gasteiger partial charge in [0.1, 0.15) is 11.6 Å². The zero-order chi connectivity index (χ0) is 17.1. The molecular weight excluding hydrogens is 300 g/mol. The first kappa shape index (κ1) is 16.7. The van der Waals surface area contributed by atoms with Crippen LogP contribution >= 0.6 is 0 Å². The smallest absolute Gasteiger partial charge is 0.168 e. The van der Waals surface area contributed by atoms with Gasteiger partial charge < -0.3 is 9.30 Å². The van der Waals surface area contributed by atoms with Gasteiger partial charge in [0.2, 0.25) is 0 Å². The minimum Gasteiger partial charge on any atom is -0.496 e. The quantitative estimate of drug-likeness (QED) is 0.754. The summed E-state index contributed by atoms with van der Waals surface area (Å²) in [7, 11) is 1.71. The molecule has 0 N–H and O–H groups in total. The van der Waals surface area contributed by atoms with E-state index < -0.39 is 0 Å². The third kappa shape index (κ3) is 3.10. The summed E-state index contributed by atoms with van der Waals surface area (Å²) >= 11 is 0. The summed E-state index contributed by atoms with van der Waals surface area (Å²) in [5.74, 6) is 2.13. The van der Waals surface area contributed by atoms with E-state index in [9.17, 15) is 4.79 Å². The Morgan fingerprint density at radius 3 is 2.67 bits per heavy atom. The van der Waals surface area contributed by atoms with E-state index in [0.717, 1.165) is 42.8 Å². The minimum atomic E-state index is -0.0164. The highest BCUT2D eigenvalue weighted by molar-refractivity contribution is 5.99. The Balaban J connectivity index is 1.92. The number of methoxy groups -OCH3 is 1. The van der Waals surface area contributed by atoms with Crippen LogP contribution in [-0.2, 0) is 19.4 Å². The Labute approximate surface area is 143 Å². The van der Waals surface area contributed by atoms with Crippen LogP contribution in [0.4, 0.5) is 0 Å². The lowest BCUT2D eigenvalue weighted by molar-refractivity contribution is 0.0901. The van der Waals surface area contributed by atoms with Gasteiger partial charge in [-0.05, 0) is 62.3 Å². The molecule has 0 spiro atoms. The number of hydrogen-bond donors (Lipinski definition) is 0. The number of fused-ring (bicyclic) bond motifs is 1. The van der Waals surface area contributed by atoms with Crippen LogP contribution in [0.15, 0.2) is 24.5 Å². The highest BCUT2D eigenvalue weighted by Crippen LogP contribution is 2.33. The molecule has 0 saturated heterocycles. The van der Waals surface area contributed by atoms with E-state index in [0.29, 0.717) is 6.54 Å². The maximum Gasteiger partial charge on any atom is 0.168 e. The van der Waals surface area contributed by atoms with Crippen molar-refractivity contribution in [2.24, 2.45) is 5.92 Å². The van der Waals surface area contributed by atoms with Crippen molar-refractivity contribution in [1.29, 1.82) is 0 Å². The van der Waals surface area contributed by atoms with Gasteiger partial charge in [0.25, 0.3) is 0 Å². The summed E-state index contributed by atoms with van der Waals surface area (Å²) in [5.41, 5.74) is 3.35. The molecule has 1 aliphatic carbocycles. The molecule has 128 valence electrons. The molecule has 0 saturated carbocycles. The first-order valence-electron chi connectivity index (χ1n) is 8.86. The zero-order valence-electron chi connectivity index (χ0n) is 14.8. The average Bonchev–Trinajstić information content (AvgIpc) is 3.02. The number of aryl methyl sites for hydroxylation is 1. The molecule has 0 radical (unpaired) electrons. The van der Waals surface area contributed by atoms with E-state index >= 15 is 0 Å². The average molecular weight is 326 g/mol. The van der Waals surface area contributed by atoms with Crippen LogP contribution in [-0.4, -0.2) is 22.4 Å². The molecule has 1 aromatic heterocycles. The van der Waals surface area contributed by atoms with Crippen molar-refractivity contribution in [3.8, 4) is 5.75 Å². The van der Waals surface area contributed by atoms with Gasteiger partial charge in [0.15, 0.2) is 5.78 Å². The lowest BCUT2D eigenvalue weighted by Crippen LogP contribution is -2.23. The minimum absolute atomic E-state index is 0.0164. The number of hydrogen-bond acceptors (Lipinski definition) is 3. The summed E-state index contributed by atoms with van der Waals surface area (Å²) in [4.78, 5) is 17.5. The molecule has 0 bridgehead atoms. The maximum absolute atomic E-state index is 13.2. The number of aromatic nitrogens is 2. The molecule has 2 aromatic rings. The molecular formula is C20H26N2O2. The number of Topliss-reactive ketones (excluding diaryl/α,β-unsaturated/α-hetero) is 1. The van der Waals surface area contributed by atoms with E-state index in [1.807, 2.05) is 25.3 Å². The monoisotopic (exact) mass is 326 g/mol. The van der Waals surface area contributed by atoms with Crippen molar-refractivity contribution in [3.05, 3.63) is 47.0 Å². The number of imidazole rings is 1. The Morgan fingerprint density at radius 2 is 2.04 bits per heavy atom. The second-order valence-corrected chi connectivity index (χ2v) is 6.58.